The summed E-state index contributed by atoms with van der Waals surface area (Å²) in [6.07, 6.45) is 2.09. The molecule has 0 saturated carbocycles. The third-order valence-corrected chi connectivity index (χ3v) is 6.38. The molecular weight excluding hydrogens is 450 g/mol. The van der Waals surface area contributed by atoms with Crippen LogP contribution in [0.2, 0.25) is 5.02 Å². The number of anilines is 1. The van der Waals surface area contributed by atoms with Crippen molar-refractivity contribution >= 4 is 46.8 Å². The molecule has 2 N–H and O–H groups in total. The summed E-state index contributed by atoms with van der Waals surface area (Å²) in [5.41, 5.74) is 1.27. The molecule has 9 heteroatoms. The van der Waals surface area contributed by atoms with Gasteiger partial charge < -0.3 is 20.3 Å². The second-order valence-corrected chi connectivity index (χ2v) is 8.69. The summed E-state index contributed by atoms with van der Waals surface area (Å²) in [5, 5.41) is 5.76. The third-order valence-electron chi connectivity index (χ3n) is 5.00. The van der Waals surface area contributed by atoms with E-state index in [-0.39, 0.29) is 22.7 Å². The van der Waals surface area contributed by atoms with E-state index in [0.717, 1.165) is 30.8 Å². The van der Waals surface area contributed by atoms with E-state index >= 15 is 0 Å². The maximum absolute atomic E-state index is 12.9. The topological polar surface area (TPSA) is 87.7 Å². The van der Waals surface area contributed by atoms with Crippen LogP contribution in [0, 0.1) is 0 Å². The van der Waals surface area contributed by atoms with Gasteiger partial charge in [-0.2, -0.15) is 0 Å². The van der Waals surface area contributed by atoms with Gasteiger partial charge in [0.05, 0.1) is 28.5 Å². The van der Waals surface area contributed by atoms with Crippen LogP contribution in [0.1, 0.15) is 33.6 Å². The van der Waals surface area contributed by atoms with Crippen LogP contribution >= 0.6 is 23.4 Å². The van der Waals surface area contributed by atoms with E-state index in [4.69, 9.17) is 16.3 Å². The van der Waals surface area contributed by atoms with Gasteiger partial charge in [-0.1, -0.05) is 23.7 Å². The Labute approximate surface area is 196 Å². The zero-order chi connectivity index (χ0) is 22.9. The van der Waals surface area contributed by atoms with Gasteiger partial charge in [0.1, 0.15) is 0 Å². The summed E-state index contributed by atoms with van der Waals surface area (Å²) in [4.78, 5) is 40.0. The number of ether oxygens (including phenoxy) is 1. The highest BCUT2D eigenvalue weighted by atomic mass is 35.5. The SMILES string of the molecule is COCCNC(=O)c1ccc(NC(=O)c2ccccc2SCC(=O)N2CCCC2)cc1Cl. The van der Waals surface area contributed by atoms with Crippen LogP contribution in [-0.2, 0) is 9.53 Å². The first-order chi connectivity index (χ1) is 15.5. The molecule has 3 amide bonds. The molecule has 2 aromatic rings. The van der Waals surface area contributed by atoms with Crippen LogP contribution in [0.25, 0.3) is 0 Å². The first kappa shape index (κ1) is 24.1. The summed E-state index contributed by atoms with van der Waals surface area (Å²) in [7, 11) is 1.55. The van der Waals surface area contributed by atoms with Gasteiger partial charge in [0.15, 0.2) is 0 Å². The average Bonchev–Trinajstić information content (AvgIpc) is 3.33. The number of halogens is 1. The Morgan fingerprint density at radius 3 is 2.53 bits per heavy atom. The van der Waals surface area contributed by atoms with E-state index in [9.17, 15) is 14.4 Å². The Morgan fingerprint density at radius 1 is 1.06 bits per heavy atom. The van der Waals surface area contributed by atoms with E-state index in [0.29, 0.717) is 35.7 Å². The van der Waals surface area contributed by atoms with Gasteiger partial charge >= 0.3 is 0 Å². The number of nitrogens with zero attached hydrogens (tertiary/aromatic N) is 1. The first-order valence-electron chi connectivity index (χ1n) is 10.4. The zero-order valence-electron chi connectivity index (χ0n) is 17.9. The standard InChI is InChI=1S/C23H26ClN3O4S/c1-31-13-10-25-22(29)17-9-8-16(14-19(17)24)26-23(30)18-6-2-3-7-20(18)32-15-21(28)27-11-4-5-12-27/h2-3,6-9,14H,4-5,10-13,15H2,1H3,(H,25,29)(H,26,30). The number of likely N-dealkylation sites (tertiary alicyclic amines) is 1. The summed E-state index contributed by atoms with van der Waals surface area (Å²) in [6, 6.07) is 11.9. The van der Waals surface area contributed by atoms with Gasteiger partial charge in [-0.15, -0.1) is 11.8 Å². The number of amides is 3. The first-order valence-corrected chi connectivity index (χ1v) is 11.7. The number of methoxy groups -OCH3 is 1. The zero-order valence-corrected chi connectivity index (χ0v) is 19.4. The molecule has 0 atom stereocenters. The summed E-state index contributed by atoms with van der Waals surface area (Å²) in [5.74, 6) is -0.235. The van der Waals surface area contributed by atoms with Crippen LogP contribution < -0.4 is 10.6 Å². The fraction of sp³-hybridized carbons (Fsp3) is 0.348. The predicted molar refractivity (Wildman–Crippen MR) is 127 cm³/mol. The van der Waals surface area contributed by atoms with Crippen molar-refractivity contribution < 1.29 is 19.1 Å². The smallest absolute Gasteiger partial charge is 0.256 e. The molecule has 1 aliphatic rings. The third kappa shape index (κ3) is 6.48. The van der Waals surface area contributed by atoms with E-state index < -0.39 is 0 Å². The largest absolute Gasteiger partial charge is 0.383 e. The molecule has 0 bridgehead atoms. The Morgan fingerprint density at radius 2 is 1.81 bits per heavy atom. The Kier molecular flexibility index (Phi) is 8.96. The van der Waals surface area contributed by atoms with Crippen LogP contribution in [0.4, 0.5) is 5.69 Å². The lowest BCUT2D eigenvalue weighted by molar-refractivity contribution is -0.127. The second-order valence-electron chi connectivity index (χ2n) is 7.27. The van der Waals surface area contributed by atoms with Crippen molar-refractivity contribution in [3.05, 3.63) is 58.6 Å². The van der Waals surface area contributed by atoms with Crippen molar-refractivity contribution in [1.29, 1.82) is 0 Å². The second kappa shape index (κ2) is 11.9. The number of thioether (sulfide) groups is 1. The summed E-state index contributed by atoms with van der Waals surface area (Å²) < 4.78 is 4.91. The number of carbonyl (C=O) groups is 3. The van der Waals surface area contributed by atoms with Crippen molar-refractivity contribution in [3.8, 4) is 0 Å². The van der Waals surface area contributed by atoms with Crippen molar-refractivity contribution in [2.75, 3.05) is 44.4 Å². The molecule has 1 fully saturated rings. The maximum Gasteiger partial charge on any atom is 0.256 e. The highest BCUT2D eigenvalue weighted by Crippen LogP contribution is 2.26. The van der Waals surface area contributed by atoms with E-state index in [1.807, 2.05) is 17.0 Å². The number of rotatable bonds is 9. The number of carbonyl (C=O) groups excluding carboxylic acids is 3. The number of nitrogens with one attached hydrogen (secondary N) is 2. The van der Waals surface area contributed by atoms with Gasteiger partial charge in [0.25, 0.3) is 11.8 Å². The monoisotopic (exact) mass is 475 g/mol. The Balaban J connectivity index is 1.63. The molecule has 1 saturated heterocycles. The molecule has 0 radical (unpaired) electrons. The molecule has 7 nitrogen and oxygen atoms in total. The van der Waals surface area contributed by atoms with Crippen LogP contribution in [0.3, 0.4) is 0 Å². The highest BCUT2D eigenvalue weighted by Gasteiger charge is 2.19. The van der Waals surface area contributed by atoms with E-state index in [1.54, 1.807) is 31.4 Å². The quantitative estimate of drug-likeness (QED) is 0.426. The lowest BCUT2D eigenvalue weighted by atomic mass is 10.1. The molecular formula is C23H26ClN3O4S. The molecule has 32 heavy (non-hydrogen) atoms. The summed E-state index contributed by atoms with van der Waals surface area (Å²) >= 11 is 7.61. The molecule has 1 aliphatic heterocycles. The minimum absolute atomic E-state index is 0.0915. The van der Waals surface area contributed by atoms with Crippen LogP contribution in [0.5, 0.6) is 0 Å². The number of benzene rings is 2. The maximum atomic E-state index is 12.9. The van der Waals surface area contributed by atoms with E-state index in [1.165, 1.54) is 17.8 Å². The van der Waals surface area contributed by atoms with Gasteiger partial charge in [-0.05, 0) is 43.2 Å². The van der Waals surface area contributed by atoms with Crippen molar-refractivity contribution in [2.45, 2.75) is 17.7 Å². The Hall–Kier alpha value is -2.55. The molecule has 3 rings (SSSR count). The minimum atomic E-state index is -0.311. The molecule has 0 aliphatic carbocycles. The minimum Gasteiger partial charge on any atom is -0.383 e. The summed E-state index contributed by atoms with van der Waals surface area (Å²) in [6.45, 7) is 2.39. The molecule has 170 valence electrons. The number of hydrogen-bond donors (Lipinski definition) is 2. The fourth-order valence-corrected chi connectivity index (χ4v) is 4.53. The fourth-order valence-electron chi connectivity index (χ4n) is 3.31. The van der Waals surface area contributed by atoms with Gasteiger partial charge in [0, 0.05) is 37.3 Å². The van der Waals surface area contributed by atoms with Crippen LogP contribution in [-0.4, -0.2) is 61.7 Å². The van der Waals surface area contributed by atoms with Gasteiger partial charge in [-0.3, -0.25) is 14.4 Å². The van der Waals surface area contributed by atoms with Crippen molar-refractivity contribution in [3.63, 3.8) is 0 Å². The Bertz CT molecular complexity index is 979. The lowest BCUT2D eigenvalue weighted by Gasteiger charge is -2.15. The molecule has 0 aromatic heterocycles. The van der Waals surface area contributed by atoms with Gasteiger partial charge in [-0.25, -0.2) is 0 Å². The van der Waals surface area contributed by atoms with Crippen molar-refractivity contribution in [1.82, 2.24) is 10.2 Å². The molecule has 0 spiro atoms. The highest BCUT2D eigenvalue weighted by molar-refractivity contribution is 8.00. The average molecular weight is 476 g/mol. The molecule has 1 heterocycles. The van der Waals surface area contributed by atoms with Crippen molar-refractivity contribution in [2.24, 2.45) is 0 Å². The van der Waals surface area contributed by atoms with E-state index in [2.05, 4.69) is 10.6 Å². The van der Waals surface area contributed by atoms with Gasteiger partial charge in [0.2, 0.25) is 5.91 Å². The lowest BCUT2D eigenvalue weighted by Crippen LogP contribution is -2.29. The number of hydrogen-bond acceptors (Lipinski definition) is 5. The molecule has 2 aromatic carbocycles. The van der Waals surface area contributed by atoms with Crippen LogP contribution in [0.15, 0.2) is 47.4 Å². The predicted octanol–water partition coefficient (Wildman–Crippen LogP) is 3.68. The normalized spacial score (nSPS) is 13.1. The molecule has 0 unspecified atom stereocenters.